The van der Waals surface area contributed by atoms with Crippen LogP contribution in [0, 0.1) is 0 Å². The molecule has 3 heterocycles. The van der Waals surface area contributed by atoms with Gasteiger partial charge in [-0.2, -0.15) is 5.10 Å². The molecule has 0 radical (unpaired) electrons. The maximum absolute atomic E-state index is 13.5. The Bertz CT molecular complexity index is 1310. The van der Waals surface area contributed by atoms with Gasteiger partial charge in [0.15, 0.2) is 5.78 Å². The first-order chi connectivity index (χ1) is 15.0. The number of fused-ring (bicyclic) bond motifs is 2. The number of anilines is 3. The van der Waals surface area contributed by atoms with Gasteiger partial charge in [-0.15, -0.1) is 0 Å². The van der Waals surface area contributed by atoms with Gasteiger partial charge in [-0.3, -0.25) is 9.48 Å². The van der Waals surface area contributed by atoms with E-state index in [4.69, 9.17) is 11.6 Å². The van der Waals surface area contributed by atoms with Gasteiger partial charge in [0.25, 0.3) is 0 Å². The predicted octanol–water partition coefficient (Wildman–Crippen LogP) is 5.60. The van der Waals surface area contributed by atoms with E-state index in [0.29, 0.717) is 21.8 Å². The average molecular weight is 430 g/mol. The standard InChI is InChI=1S/C24H20ClN5O/c1-14-16-6-4-11-26-24(16)28-22-18(5-3-7-21(22)27-14)23(31)17-9-8-15(13-19(17)25)20-10-12-30(2)29-20/h3-14,27H,1-2H3,(H,26,28). The van der Waals surface area contributed by atoms with Crippen molar-refractivity contribution >= 4 is 34.6 Å². The zero-order valence-electron chi connectivity index (χ0n) is 17.1. The Labute approximate surface area is 184 Å². The van der Waals surface area contributed by atoms with Gasteiger partial charge < -0.3 is 10.6 Å². The van der Waals surface area contributed by atoms with Crippen LogP contribution in [0.15, 0.2) is 67.0 Å². The number of aromatic nitrogens is 3. The molecule has 2 aromatic heterocycles. The summed E-state index contributed by atoms with van der Waals surface area (Å²) < 4.78 is 1.73. The molecule has 0 fully saturated rings. The predicted molar refractivity (Wildman–Crippen MR) is 123 cm³/mol. The fourth-order valence-electron chi connectivity index (χ4n) is 3.87. The van der Waals surface area contributed by atoms with Crippen molar-refractivity contribution in [3.8, 4) is 11.3 Å². The van der Waals surface area contributed by atoms with Crippen LogP contribution in [0.1, 0.15) is 34.5 Å². The van der Waals surface area contributed by atoms with E-state index in [0.717, 1.165) is 28.3 Å². The number of hydrogen-bond acceptors (Lipinski definition) is 5. The number of carbonyl (C=O) groups excluding carboxylic acids is 1. The SMILES string of the molecule is CC1Nc2cccc(C(=O)c3ccc(-c4ccn(C)n4)cc3Cl)c2Nc2ncccc21. The normalized spacial score (nSPS) is 14.6. The third-order valence-electron chi connectivity index (χ3n) is 5.45. The van der Waals surface area contributed by atoms with E-state index in [-0.39, 0.29) is 11.8 Å². The second kappa shape index (κ2) is 7.56. The smallest absolute Gasteiger partial charge is 0.196 e. The Morgan fingerprint density at radius 1 is 1.10 bits per heavy atom. The second-order valence-electron chi connectivity index (χ2n) is 7.56. The van der Waals surface area contributed by atoms with Gasteiger partial charge in [0, 0.05) is 41.7 Å². The summed E-state index contributed by atoms with van der Waals surface area (Å²) >= 11 is 6.55. The molecule has 7 heteroatoms. The molecule has 0 saturated carbocycles. The van der Waals surface area contributed by atoms with Gasteiger partial charge in [-0.05, 0) is 43.3 Å². The Kier molecular flexibility index (Phi) is 4.71. The summed E-state index contributed by atoms with van der Waals surface area (Å²) in [5.41, 5.74) is 5.22. The van der Waals surface area contributed by atoms with Crippen LogP contribution in [0.4, 0.5) is 17.2 Å². The van der Waals surface area contributed by atoms with Gasteiger partial charge >= 0.3 is 0 Å². The lowest BCUT2D eigenvalue weighted by Gasteiger charge is -2.15. The molecule has 1 aliphatic rings. The summed E-state index contributed by atoms with van der Waals surface area (Å²) in [6.45, 7) is 2.07. The van der Waals surface area contributed by atoms with Crippen molar-refractivity contribution in [3.05, 3.63) is 88.7 Å². The topological polar surface area (TPSA) is 71.8 Å². The van der Waals surface area contributed by atoms with Crippen LogP contribution >= 0.6 is 11.6 Å². The fraction of sp³-hybridized carbons (Fsp3) is 0.125. The number of carbonyl (C=O) groups is 1. The van der Waals surface area contributed by atoms with E-state index in [2.05, 4.69) is 27.6 Å². The van der Waals surface area contributed by atoms with Crippen LogP contribution in [-0.2, 0) is 7.05 Å². The van der Waals surface area contributed by atoms with Crippen LogP contribution in [0.5, 0.6) is 0 Å². The first-order valence-electron chi connectivity index (χ1n) is 9.97. The number of nitrogens with one attached hydrogen (secondary N) is 2. The summed E-state index contributed by atoms with van der Waals surface area (Å²) in [4.78, 5) is 18.0. The highest BCUT2D eigenvalue weighted by atomic mass is 35.5. The minimum atomic E-state index is -0.157. The maximum Gasteiger partial charge on any atom is 0.196 e. The number of aryl methyl sites for hydroxylation is 1. The van der Waals surface area contributed by atoms with Gasteiger partial charge in [0.2, 0.25) is 0 Å². The van der Waals surface area contributed by atoms with E-state index in [1.165, 1.54) is 0 Å². The Balaban J connectivity index is 1.55. The number of ketones is 1. The molecule has 2 aromatic carbocycles. The van der Waals surface area contributed by atoms with Crippen molar-refractivity contribution in [2.45, 2.75) is 13.0 Å². The number of halogens is 1. The van der Waals surface area contributed by atoms with Crippen LogP contribution in [0.2, 0.25) is 5.02 Å². The van der Waals surface area contributed by atoms with Gasteiger partial charge in [-0.1, -0.05) is 29.8 Å². The molecule has 154 valence electrons. The summed E-state index contributed by atoms with van der Waals surface area (Å²) in [7, 11) is 1.86. The largest absolute Gasteiger partial charge is 0.377 e. The maximum atomic E-state index is 13.5. The molecule has 0 spiro atoms. The first kappa shape index (κ1) is 19.3. The Hall–Kier alpha value is -3.64. The second-order valence-corrected chi connectivity index (χ2v) is 7.97. The quantitative estimate of drug-likeness (QED) is 0.415. The number of pyridine rings is 1. The van der Waals surface area contributed by atoms with Crippen LogP contribution < -0.4 is 10.6 Å². The molecule has 0 bridgehead atoms. The number of para-hydroxylation sites is 1. The van der Waals surface area contributed by atoms with E-state index in [1.807, 2.05) is 49.6 Å². The molecule has 1 atom stereocenters. The summed E-state index contributed by atoms with van der Waals surface area (Å²) in [6, 6.07) is 16.9. The molecule has 1 aliphatic heterocycles. The fourth-order valence-corrected chi connectivity index (χ4v) is 4.14. The minimum Gasteiger partial charge on any atom is -0.377 e. The number of nitrogens with zero attached hydrogens (tertiary/aromatic N) is 3. The highest BCUT2D eigenvalue weighted by Crippen LogP contribution is 2.39. The van der Waals surface area contributed by atoms with Gasteiger partial charge in [0.05, 0.1) is 28.1 Å². The van der Waals surface area contributed by atoms with Crippen LogP contribution in [-0.4, -0.2) is 20.5 Å². The Morgan fingerprint density at radius 3 is 2.74 bits per heavy atom. The van der Waals surface area contributed by atoms with E-state index in [9.17, 15) is 4.79 Å². The monoisotopic (exact) mass is 429 g/mol. The van der Waals surface area contributed by atoms with Crippen molar-refractivity contribution in [3.63, 3.8) is 0 Å². The highest BCUT2D eigenvalue weighted by Gasteiger charge is 2.24. The molecular formula is C24H20ClN5O. The van der Waals surface area contributed by atoms with Gasteiger partial charge in [0.1, 0.15) is 5.82 Å². The zero-order valence-corrected chi connectivity index (χ0v) is 17.8. The molecule has 0 aliphatic carbocycles. The van der Waals surface area contributed by atoms with Crippen molar-refractivity contribution in [2.24, 2.45) is 7.05 Å². The summed E-state index contributed by atoms with van der Waals surface area (Å²) in [5, 5.41) is 11.6. The molecule has 6 nitrogen and oxygen atoms in total. The van der Waals surface area contributed by atoms with Crippen molar-refractivity contribution in [2.75, 3.05) is 10.6 Å². The van der Waals surface area contributed by atoms with Crippen molar-refractivity contribution in [1.82, 2.24) is 14.8 Å². The molecule has 2 N–H and O–H groups in total. The van der Waals surface area contributed by atoms with Crippen molar-refractivity contribution in [1.29, 1.82) is 0 Å². The Morgan fingerprint density at radius 2 is 1.97 bits per heavy atom. The minimum absolute atomic E-state index is 0.0454. The first-order valence-corrected chi connectivity index (χ1v) is 10.3. The summed E-state index contributed by atoms with van der Waals surface area (Å²) in [6.07, 6.45) is 3.61. The highest BCUT2D eigenvalue weighted by molar-refractivity contribution is 6.35. The lowest BCUT2D eigenvalue weighted by molar-refractivity contribution is 0.103. The van der Waals surface area contributed by atoms with Gasteiger partial charge in [-0.25, -0.2) is 4.98 Å². The zero-order chi connectivity index (χ0) is 21.5. The van der Waals surface area contributed by atoms with E-state index < -0.39 is 0 Å². The lowest BCUT2D eigenvalue weighted by atomic mass is 9.99. The molecule has 31 heavy (non-hydrogen) atoms. The van der Waals surface area contributed by atoms with Crippen LogP contribution in [0.3, 0.4) is 0 Å². The molecule has 0 amide bonds. The molecule has 4 aromatic rings. The third-order valence-corrected chi connectivity index (χ3v) is 5.77. The van der Waals surface area contributed by atoms with E-state index >= 15 is 0 Å². The number of rotatable bonds is 3. The molecular weight excluding hydrogens is 410 g/mol. The average Bonchev–Trinajstić information content (AvgIpc) is 3.14. The van der Waals surface area contributed by atoms with Crippen molar-refractivity contribution < 1.29 is 4.79 Å². The number of benzene rings is 2. The number of hydrogen-bond donors (Lipinski definition) is 2. The lowest BCUT2D eigenvalue weighted by Crippen LogP contribution is -2.08. The van der Waals surface area contributed by atoms with Crippen LogP contribution in [0.25, 0.3) is 11.3 Å². The third kappa shape index (κ3) is 3.45. The van der Waals surface area contributed by atoms with E-state index in [1.54, 1.807) is 29.1 Å². The molecule has 0 saturated heterocycles. The summed E-state index contributed by atoms with van der Waals surface area (Å²) in [5.74, 6) is 0.578. The molecule has 5 rings (SSSR count). The molecule has 1 unspecified atom stereocenters.